The Balaban J connectivity index is 0.00000225. The minimum absolute atomic E-state index is 0. The van der Waals surface area contributed by atoms with Gasteiger partial charge in [0.15, 0.2) is 0 Å². The first-order valence-electron chi connectivity index (χ1n) is 7.64. The first-order chi connectivity index (χ1) is 11.4. The molecular weight excluding hydrogens is 591 g/mol. The summed E-state index contributed by atoms with van der Waals surface area (Å²) in [6, 6.07) is 2.04. The Hall–Kier alpha value is -0.464. The van der Waals surface area contributed by atoms with Crippen molar-refractivity contribution in [3.8, 4) is 23.2 Å². The van der Waals surface area contributed by atoms with Crippen molar-refractivity contribution in [2.24, 2.45) is 0 Å². The number of nitrogens with zero attached hydrogens (tertiary/aromatic N) is 3. The zero-order valence-corrected chi connectivity index (χ0v) is 19.5. The summed E-state index contributed by atoms with van der Waals surface area (Å²) in [7, 11) is 0. The molecule has 0 aliphatic rings. The molecule has 0 N–H and O–H groups in total. The van der Waals surface area contributed by atoms with Crippen LogP contribution in [-0.4, -0.2) is 15.0 Å². The largest absolute Gasteiger partial charge is 0.443 e. The van der Waals surface area contributed by atoms with Crippen LogP contribution in [0.15, 0.2) is 27.4 Å². The number of oxazole rings is 2. The fourth-order valence-electron chi connectivity index (χ4n) is 2.09. The summed E-state index contributed by atoms with van der Waals surface area (Å²) in [6.07, 6.45) is 3.38. The van der Waals surface area contributed by atoms with E-state index in [1.807, 2.05) is 6.07 Å². The van der Waals surface area contributed by atoms with Crippen molar-refractivity contribution in [1.29, 1.82) is 0 Å². The number of aromatic nitrogens is 3. The third-order valence-corrected chi connectivity index (χ3v) is 5.21. The van der Waals surface area contributed by atoms with E-state index in [4.69, 9.17) is 13.8 Å². The van der Waals surface area contributed by atoms with Gasteiger partial charge in [-0.25, -0.2) is 15.0 Å². The minimum Gasteiger partial charge on any atom is -0.443 e. The van der Waals surface area contributed by atoms with E-state index < -0.39 is 0 Å². The molecule has 0 aliphatic heterocycles. The van der Waals surface area contributed by atoms with Crippen LogP contribution in [-0.2, 0) is 16.8 Å². The quantitative estimate of drug-likeness (QED) is 0.349. The van der Waals surface area contributed by atoms with Crippen molar-refractivity contribution in [1.82, 2.24) is 15.0 Å². The van der Waals surface area contributed by atoms with Gasteiger partial charge in [0.2, 0.25) is 11.8 Å². The molecule has 0 aromatic carbocycles. The Bertz CT molecular complexity index is 807. The van der Waals surface area contributed by atoms with Gasteiger partial charge < -0.3 is 8.83 Å². The molecule has 8 heteroatoms. The van der Waals surface area contributed by atoms with Crippen LogP contribution in [0.1, 0.15) is 50.9 Å². The van der Waals surface area contributed by atoms with Gasteiger partial charge in [0, 0.05) is 23.9 Å². The van der Waals surface area contributed by atoms with E-state index in [-0.39, 0.29) is 16.8 Å². The van der Waals surface area contributed by atoms with Crippen LogP contribution < -0.4 is 0 Å². The van der Waals surface area contributed by atoms with Gasteiger partial charge in [-0.1, -0.05) is 27.7 Å². The van der Waals surface area contributed by atoms with Gasteiger partial charge in [-0.3, -0.25) is 0 Å². The summed E-state index contributed by atoms with van der Waals surface area (Å²) >= 11 is 4.50. The summed E-state index contributed by atoms with van der Waals surface area (Å²) in [5.41, 5.74) is 3.26. The third kappa shape index (κ3) is 4.45. The number of halogens is 2. The van der Waals surface area contributed by atoms with Crippen molar-refractivity contribution in [3.63, 3.8) is 0 Å². The Morgan fingerprint density at radius 2 is 1.16 bits per heavy atom. The summed E-state index contributed by atoms with van der Waals surface area (Å²) in [6.45, 7) is 8.33. The normalized spacial score (nSPS) is 11.2. The smallest absolute Gasteiger partial charge is 0.246 e. The van der Waals surface area contributed by atoms with Crippen molar-refractivity contribution >= 4 is 45.2 Å². The average molecular weight is 608 g/mol. The molecule has 25 heavy (non-hydrogen) atoms. The maximum Gasteiger partial charge on any atom is 0.246 e. The van der Waals surface area contributed by atoms with Crippen LogP contribution >= 0.6 is 45.2 Å². The molecular formula is C17H17CoI2N3O2. The molecule has 3 heterocycles. The third-order valence-electron chi connectivity index (χ3n) is 3.56. The Kier molecular flexibility index (Phi) is 7.07. The van der Waals surface area contributed by atoms with E-state index in [0.717, 1.165) is 18.5 Å². The van der Waals surface area contributed by atoms with Crippen molar-refractivity contribution in [3.05, 3.63) is 37.1 Å². The summed E-state index contributed by atoms with van der Waals surface area (Å²) < 4.78 is 13.2. The summed E-state index contributed by atoms with van der Waals surface area (Å²) in [4.78, 5) is 13.8. The molecule has 0 saturated carbocycles. The van der Waals surface area contributed by atoms with Crippen LogP contribution in [0.4, 0.5) is 0 Å². The molecule has 3 aromatic rings. The van der Waals surface area contributed by atoms with Crippen LogP contribution in [0.25, 0.3) is 23.2 Å². The van der Waals surface area contributed by atoms with Gasteiger partial charge in [0.25, 0.3) is 0 Å². The molecule has 5 nitrogen and oxygen atoms in total. The number of hydrogen-bond acceptors (Lipinski definition) is 5. The Labute approximate surface area is 184 Å². The predicted molar refractivity (Wildman–Crippen MR) is 109 cm³/mol. The van der Waals surface area contributed by atoms with E-state index in [2.05, 4.69) is 82.8 Å². The van der Waals surface area contributed by atoms with Gasteiger partial charge >= 0.3 is 0 Å². The number of hydrogen-bond donors (Lipinski definition) is 0. The van der Waals surface area contributed by atoms with Crippen molar-refractivity contribution in [2.45, 2.75) is 39.5 Å². The predicted octanol–water partition coefficient (Wildman–Crippen LogP) is 5.85. The monoisotopic (exact) mass is 608 g/mol. The standard InChI is InChI=1S/C17H17I2N3O2.Co/c1-8(2)12-6-23-16(20-12)14-10(18)5-11(19)15(22-14)17-21-13(7-24-17)9(3)4;/h5-9H,1-4H3;. The molecule has 0 spiro atoms. The van der Waals surface area contributed by atoms with Crippen LogP contribution in [0.2, 0.25) is 0 Å². The molecule has 0 saturated heterocycles. The molecule has 3 aromatic heterocycles. The van der Waals surface area contributed by atoms with Crippen LogP contribution in [0.5, 0.6) is 0 Å². The molecule has 0 unspecified atom stereocenters. The van der Waals surface area contributed by atoms with E-state index in [1.165, 1.54) is 0 Å². The molecule has 0 aliphatic carbocycles. The second-order valence-electron chi connectivity index (χ2n) is 6.11. The first-order valence-corrected chi connectivity index (χ1v) is 9.80. The number of pyridine rings is 1. The van der Waals surface area contributed by atoms with Gasteiger partial charge in [-0.15, -0.1) is 0 Å². The first kappa shape index (κ1) is 20.8. The maximum absolute atomic E-state index is 5.64. The molecule has 0 fully saturated rings. The van der Waals surface area contributed by atoms with Gasteiger partial charge in [0.05, 0.1) is 11.4 Å². The van der Waals surface area contributed by atoms with Gasteiger partial charge in [0.1, 0.15) is 23.9 Å². The van der Waals surface area contributed by atoms with E-state index in [0.29, 0.717) is 35.0 Å². The molecule has 0 atom stereocenters. The zero-order chi connectivity index (χ0) is 17.4. The SMILES string of the molecule is CC(C)c1coc(-c2nc(-c3nc(C(C)C)co3)c(I)cc2I)n1.[Co]. The fraction of sp³-hybridized carbons (Fsp3) is 0.353. The summed E-state index contributed by atoms with van der Waals surface area (Å²) in [5, 5.41) is 0. The van der Waals surface area contributed by atoms with Gasteiger partial charge in [-0.05, 0) is 63.1 Å². The minimum atomic E-state index is 0. The molecule has 0 amide bonds. The molecule has 3 rings (SSSR count). The van der Waals surface area contributed by atoms with Crippen LogP contribution in [0, 0.1) is 7.14 Å². The van der Waals surface area contributed by atoms with E-state index >= 15 is 0 Å². The van der Waals surface area contributed by atoms with Gasteiger partial charge in [-0.2, -0.15) is 0 Å². The van der Waals surface area contributed by atoms with Crippen LogP contribution in [0.3, 0.4) is 0 Å². The fourth-order valence-corrected chi connectivity index (χ4v) is 4.01. The Morgan fingerprint density at radius 1 is 0.760 bits per heavy atom. The molecule has 135 valence electrons. The summed E-state index contributed by atoms with van der Waals surface area (Å²) in [5.74, 6) is 1.67. The molecule has 0 bridgehead atoms. The molecule has 1 radical (unpaired) electrons. The zero-order valence-electron chi connectivity index (χ0n) is 14.1. The van der Waals surface area contributed by atoms with Crippen molar-refractivity contribution in [2.75, 3.05) is 0 Å². The average Bonchev–Trinajstić information content (AvgIpc) is 3.16. The second-order valence-corrected chi connectivity index (χ2v) is 8.44. The van der Waals surface area contributed by atoms with E-state index in [9.17, 15) is 0 Å². The van der Waals surface area contributed by atoms with Crippen molar-refractivity contribution < 1.29 is 25.6 Å². The Morgan fingerprint density at radius 3 is 1.48 bits per heavy atom. The van der Waals surface area contributed by atoms with E-state index in [1.54, 1.807) is 12.5 Å². The number of rotatable bonds is 4. The maximum atomic E-state index is 5.64. The second kappa shape index (κ2) is 8.48. The topological polar surface area (TPSA) is 65.0 Å².